The predicted molar refractivity (Wildman–Crippen MR) is 192 cm³/mol. The molecule has 0 fully saturated rings. The SMILES string of the molecule is c1ccc(-c2ccc(N(c3cccc4c3oc3ccccc34)c3c(-c4ccccc4)ccc4c3sc3ccccc34)cc2)cc1. The van der Waals surface area contributed by atoms with Gasteiger partial charge in [-0.15, -0.1) is 11.3 Å². The highest BCUT2D eigenvalue weighted by Crippen LogP contribution is 2.51. The number of hydrogen-bond acceptors (Lipinski definition) is 3. The van der Waals surface area contributed by atoms with Gasteiger partial charge >= 0.3 is 0 Å². The van der Waals surface area contributed by atoms with Crippen LogP contribution in [0.2, 0.25) is 0 Å². The van der Waals surface area contributed by atoms with Crippen molar-refractivity contribution < 1.29 is 4.42 Å². The molecular formula is C42H27NOS. The fourth-order valence-corrected chi connectivity index (χ4v) is 7.82. The van der Waals surface area contributed by atoms with Gasteiger partial charge in [0.1, 0.15) is 5.58 Å². The highest BCUT2D eigenvalue weighted by molar-refractivity contribution is 7.26. The fourth-order valence-electron chi connectivity index (χ4n) is 6.58. The number of thiophene rings is 1. The third-order valence-corrected chi connectivity index (χ3v) is 9.88. The van der Waals surface area contributed by atoms with Crippen LogP contribution in [-0.2, 0) is 0 Å². The molecule has 0 aliphatic rings. The van der Waals surface area contributed by atoms with Crippen LogP contribution in [-0.4, -0.2) is 0 Å². The van der Waals surface area contributed by atoms with Gasteiger partial charge in [0.05, 0.1) is 16.1 Å². The lowest BCUT2D eigenvalue weighted by Gasteiger charge is -2.29. The molecule has 0 radical (unpaired) electrons. The summed E-state index contributed by atoms with van der Waals surface area (Å²) >= 11 is 1.85. The van der Waals surface area contributed by atoms with Gasteiger partial charge in [-0.05, 0) is 47.0 Å². The van der Waals surface area contributed by atoms with Crippen molar-refractivity contribution in [2.24, 2.45) is 0 Å². The summed E-state index contributed by atoms with van der Waals surface area (Å²) in [5, 5.41) is 4.77. The summed E-state index contributed by atoms with van der Waals surface area (Å²) in [7, 11) is 0. The molecule has 45 heavy (non-hydrogen) atoms. The Morgan fingerprint density at radius 2 is 1.09 bits per heavy atom. The van der Waals surface area contributed by atoms with Crippen molar-refractivity contribution in [2.75, 3.05) is 4.90 Å². The number of para-hydroxylation sites is 2. The second-order valence-electron chi connectivity index (χ2n) is 11.3. The van der Waals surface area contributed by atoms with Crippen molar-refractivity contribution in [3.63, 3.8) is 0 Å². The largest absolute Gasteiger partial charge is 0.454 e. The Kier molecular flexibility index (Phi) is 6.03. The normalized spacial score (nSPS) is 11.6. The van der Waals surface area contributed by atoms with E-state index < -0.39 is 0 Å². The van der Waals surface area contributed by atoms with Crippen LogP contribution < -0.4 is 4.90 Å². The Balaban J connectivity index is 1.39. The van der Waals surface area contributed by atoms with Crippen LogP contribution in [0.1, 0.15) is 0 Å². The summed E-state index contributed by atoms with van der Waals surface area (Å²) in [6.07, 6.45) is 0. The lowest BCUT2D eigenvalue weighted by molar-refractivity contribution is 0.669. The zero-order valence-corrected chi connectivity index (χ0v) is 25.2. The van der Waals surface area contributed by atoms with Crippen molar-refractivity contribution in [3.05, 3.63) is 164 Å². The summed E-state index contributed by atoms with van der Waals surface area (Å²) in [5.41, 5.74) is 9.75. The molecule has 0 saturated heterocycles. The quantitative estimate of drug-likeness (QED) is 0.197. The molecule has 0 spiro atoms. The van der Waals surface area contributed by atoms with Crippen molar-refractivity contribution in [2.45, 2.75) is 0 Å². The van der Waals surface area contributed by atoms with Crippen LogP contribution in [0.25, 0.3) is 64.4 Å². The molecule has 0 amide bonds. The molecule has 2 aromatic heterocycles. The molecule has 0 bridgehead atoms. The van der Waals surface area contributed by atoms with Gasteiger partial charge in [0.15, 0.2) is 5.58 Å². The Labute approximate surface area is 265 Å². The van der Waals surface area contributed by atoms with Crippen LogP contribution in [0.4, 0.5) is 17.1 Å². The summed E-state index contributed by atoms with van der Waals surface area (Å²) in [6, 6.07) is 58.3. The standard InChI is InChI=1S/C42H27NOS/c1-3-12-28(13-4-1)29-22-24-31(25-23-29)43(37-19-11-18-35-33-16-7-9-20-38(33)44-41(35)37)40-32(30-14-5-2-6-15-30)26-27-36-34-17-8-10-21-39(34)45-42(36)40/h1-27H. The Morgan fingerprint density at radius 1 is 0.444 bits per heavy atom. The number of anilines is 3. The van der Waals surface area contributed by atoms with Gasteiger partial charge < -0.3 is 9.32 Å². The molecule has 0 N–H and O–H groups in total. The van der Waals surface area contributed by atoms with Crippen molar-refractivity contribution in [3.8, 4) is 22.3 Å². The lowest BCUT2D eigenvalue weighted by Crippen LogP contribution is -2.12. The van der Waals surface area contributed by atoms with Crippen molar-refractivity contribution in [1.82, 2.24) is 0 Å². The summed E-state index contributed by atoms with van der Waals surface area (Å²) in [6.45, 7) is 0. The van der Waals surface area contributed by atoms with E-state index in [1.165, 1.54) is 42.4 Å². The summed E-state index contributed by atoms with van der Waals surface area (Å²) in [4.78, 5) is 2.42. The molecule has 0 aliphatic heterocycles. The number of furan rings is 1. The molecule has 2 heterocycles. The fraction of sp³-hybridized carbons (Fsp3) is 0. The second-order valence-corrected chi connectivity index (χ2v) is 12.4. The first-order chi connectivity index (χ1) is 22.3. The van der Waals surface area contributed by atoms with E-state index in [0.29, 0.717) is 0 Å². The summed E-state index contributed by atoms with van der Waals surface area (Å²) in [5.74, 6) is 0. The minimum atomic E-state index is 0.878. The molecule has 0 aliphatic carbocycles. The first-order valence-corrected chi connectivity index (χ1v) is 16.0. The van der Waals surface area contributed by atoms with Gasteiger partial charge in [0.2, 0.25) is 0 Å². The van der Waals surface area contributed by atoms with Gasteiger partial charge in [-0.3, -0.25) is 0 Å². The average Bonchev–Trinajstić information content (AvgIpc) is 3.69. The predicted octanol–water partition coefficient (Wildman–Crippen LogP) is 12.8. The number of benzene rings is 7. The first-order valence-electron chi connectivity index (χ1n) is 15.2. The van der Waals surface area contributed by atoms with E-state index >= 15 is 0 Å². The monoisotopic (exact) mass is 593 g/mol. The van der Waals surface area contributed by atoms with E-state index in [1.807, 2.05) is 17.4 Å². The third-order valence-electron chi connectivity index (χ3n) is 8.69. The molecule has 3 heteroatoms. The zero-order chi connectivity index (χ0) is 29.7. The topological polar surface area (TPSA) is 16.4 Å². The van der Waals surface area contributed by atoms with Crippen LogP contribution in [0.5, 0.6) is 0 Å². The van der Waals surface area contributed by atoms with E-state index in [2.05, 4.69) is 163 Å². The summed E-state index contributed by atoms with van der Waals surface area (Å²) < 4.78 is 9.20. The number of nitrogens with zero attached hydrogens (tertiary/aromatic N) is 1. The molecule has 0 saturated carbocycles. The minimum absolute atomic E-state index is 0.878. The smallest absolute Gasteiger partial charge is 0.159 e. The van der Waals surface area contributed by atoms with Crippen LogP contribution in [0, 0.1) is 0 Å². The third kappa shape index (κ3) is 4.24. The van der Waals surface area contributed by atoms with Gasteiger partial charge in [0.25, 0.3) is 0 Å². The number of rotatable bonds is 5. The van der Waals surface area contributed by atoms with E-state index in [9.17, 15) is 0 Å². The molecule has 0 atom stereocenters. The molecule has 0 unspecified atom stereocenters. The van der Waals surface area contributed by atoms with Gasteiger partial charge in [0, 0.05) is 37.5 Å². The zero-order valence-electron chi connectivity index (χ0n) is 24.4. The van der Waals surface area contributed by atoms with Crippen molar-refractivity contribution in [1.29, 1.82) is 0 Å². The Hall–Kier alpha value is -5.64. The van der Waals surface area contributed by atoms with Crippen LogP contribution in [0.15, 0.2) is 168 Å². The molecule has 7 aromatic carbocycles. The van der Waals surface area contributed by atoms with E-state index in [4.69, 9.17) is 4.42 Å². The first kappa shape index (κ1) is 25.8. The van der Waals surface area contributed by atoms with E-state index in [0.717, 1.165) is 39.0 Å². The Morgan fingerprint density at radius 3 is 1.89 bits per heavy atom. The van der Waals surface area contributed by atoms with E-state index in [-0.39, 0.29) is 0 Å². The highest BCUT2D eigenvalue weighted by Gasteiger charge is 2.25. The van der Waals surface area contributed by atoms with Gasteiger partial charge in [-0.2, -0.15) is 0 Å². The average molecular weight is 594 g/mol. The molecule has 9 rings (SSSR count). The van der Waals surface area contributed by atoms with E-state index in [1.54, 1.807) is 0 Å². The lowest BCUT2D eigenvalue weighted by atomic mass is 9.98. The molecule has 9 aromatic rings. The second kappa shape index (κ2) is 10.5. The number of hydrogen-bond donors (Lipinski definition) is 0. The van der Waals surface area contributed by atoms with Crippen molar-refractivity contribution >= 4 is 70.5 Å². The van der Waals surface area contributed by atoms with Gasteiger partial charge in [-0.25, -0.2) is 0 Å². The molecule has 212 valence electrons. The highest BCUT2D eigenvalue weighted by atomic mass is 32.1. The maximum absolute atomic E-state index is 6.68. The van der Waals surface area contributed by atoms with Gasteiger partial charge in [-0.1, -0.05) is 133 Å². The maximum Gasteiger partial charge on any atom is 0.159 e. The van der Waals surface area contributed by atoms with Crippen LogP contribution >= 0.6 is 11.3 Å². The minimum Gasteiger partial charge on any atom is -0.454 e. The molecular weight excluding hydrogens is 567 g/mol. The molecule has 2 nitrogen and oxygen atoms in total. The number of fused-ring (bicyclic) bond motifs is 6. The van der Waals surface area contributed by atoms with Crippen LogP contribution in [0.3, 0.4) is 0 Å². The maximum atomic E-state index is 6.68. The Bertz CT molecular complexity index is 2470.